The van der Waals surface area contributed by atoms with Gasteiger partial charge in [-0.15, -0.1) is 0 Å². The summed E-state index contributed by atoms with van der Waals surface area (Å²) in [6.07, 6.45) is 2.15. The van der Waals surface area contributed by atoms with Crippen LogP contribution in [0.2, 0.25) is 0 Å². The minimum absolute atomic E-state index is 0.0152. The van der Waals surface area contributed by atoms with Gasteiger partial charge in [0, 0.05) is 26.2 Å². The van der Waals surface area contributed by atoms with Crippen molar-refractivity contribution in [3.8, 4) is 0 Å². The molecule has 1 aromatic rings. The van der Waals surface area contributed by atoms with Crippen molar-refractivity contribution >= 4 is 10.0 Å². The molecular weight excluding hydrogens is 312 g/mol. The van der Waals surface area contributed by atoms with Crippen molar-refractivity contribution in [1.29, 1.82) is 0 Å². The van der Waals surface area contributed by atoms with Gasteiger partial charge in [-0.3, -0.25) is 4.90 Å². The second-order valence-electron chi connectivity index (χ2n) is 6.97. The summed E-state index contributed by atoms with van der Waals surface area (Å²) in [5.74, 6) is 0.717. The van der Waals surface area contributed by atoms with E-state index < -0.39 is 10.0 Å². The quantitative estimate of drug-likeness (QED) is 0.814. The van der Waals surface area contributed by atoms with E-state index in [1.807, 2.05) is 18.2 Å². The van der Waals surface area contributed by atoms with E-state index in [4.69, 9.17) is 4.74 Å². The number of ether oxygens (including phenoxy) is 1. The first kappa shape index (κ1) is 15.6. The van der Waals surface area contributed by atoms with E-state index in [9.17, 15) is 8.42 Å². The molecule has 1 saturated carbocycles. The highest BCUT2D eigenvalue weighted by atomic mass is 32.2. The van der Waals surface area contributed by atoms with Crippen molar-refractivity contribution in [2.75, 3.05) is 32.0 Å². The maximum Gasteiger partial charge on any atom is 0.214 e. The molecule has 2 saturated heterocycles. The van der Waals surface area contributed by atoms with Crippen LogP contribution >= 0.6 is 0 Å². The van der Waals surface area contributed by atoms with E-state index in [0.29, 0.717) is 31.4 Å². The maximum atomic E-state index is 12.5. The summed E-state index contributed by atoms with van der Waals surface area (Å²) >= 11 is 0. The Morgan fingerprint density at radius 2 is 1.91 bits per heavy atom. The Hall–Kier alpha value is -0.950. The number of nitrogens with zero attached hydrogens (tertiary/aromatic N) is 2. The largest absolute Gasteiger partial charge is 0.374 e. The number of rotatable bonds is 5. The molecule has 6 heteroatoms. The summed E-state index contributed by atoms with van der Waals surface area (Å²) in [6.45, 7) is 3.51. The van der Waals surface area contributed by atoms with Crippen molar-refractivity contribution in [2.24, 2.45) is 5.92 Å². The van der Waals surface area contributed by atoms with Crippen molar-refractivity contribution < 1.29 is 13.2 Å². The molecule has 2 heterocycles. The molecule has 0 spiro atoms. The van der Waals surface area contributed by atoms with Gasteiger partial charge in [0.1, 0.15) is 0 Å². The summed E-state index contributed by atoms with van der Waals surface area (Å²) < 4.78 is 32.6. The van der Waals surface area contributed by atoms with Gasteiger partial charge in [-0.1, -0.05) is 30.3 Å². The molecule has 1 aliphatic carbocycles. The highest BCUT2D eigenvalue weighted by molar-refractivity contribution is 7.89. The van der Waals surface area contributed by atoms with Crippen LogP contribution in [0.25, 0.3) is 0 Å². The molecule has 0 aromatic heterocycles. The molecule has 1 aromatic carbocycles. The summed E-state index contributed by atoms with van der Waals surface area (Å²) in [5.41, 5.74) is 1.27. The van der Waals surface area contributed by atoms with Gasteiger partial charge in [0.05, 0.1) is 24.5 Å². The predicted octanol–water partition coefficient (Wildman–Crippen LogP) is 1.31. The normalized spacial score (nSPS) is 29.6. The van der Waals surface area contributed by atoms with Gasteiger partial charge < -0.3 is 4.74 Å². The smallest absolute Gasteiger partial charge is 0.214 e. The second kappa shape index (κ2) is 6.16. The number of fused-ring (bicyclic) bond motifs is 1. The monoisotopic (exact) mass is 336 g/mol. The Morgan fingerprint density at radius 1 is 1.13 bits per heavy atom. The van der Waals surface area contributed by atoms with Crippen LogP contribution in [0.4, 0.5) is 0 Å². The standard InChI is InChI=1S/C17H24N2O3S/c20-23(21,13-15-6-7-15)19-11-16-17(12-19)22-9-8-18(16)10-14-4-2-1-3-5-14/h1-5,15-17H,6-13H2/t16-,17-/m0/s1. The van der Waals surface area contributed by atoms with Crippen molar-refractivity contribution in [3.63, 3.8) is 0 Å². The van der Waals surface area contributed by atoms with E-state index in [1.165, 1.54) is 5.56 Å². The van der Waals surface area contributed by atoms with Crippen LogP contribution < -0.4 is 0 Å². The van der Waals surface area contributed by atoms with Gasteiger partial charge in [-0.25, -0.2) is 8.42 Å². The summed E-state index contributed by atoms with van der Waals surface area (Å²) in [5, 5.41) is 0. The Morgan fingerprint density at radius 3 is 2.65 bits per heavy atom. The highest BCUT2D eigenvalue weighted by Gasteiger charge is 2.45. The minimum atomic E-state index is -3.12. The van der Waals surface area contributed by atoms with E-state index in [0.717, 1.165) is 25.9 Å². The first-order valence-electron chi connectivity index (χ1n) is 8.49. The van der Waals surface area contributed by atoms with Crippen molar-refractivity contribution in [3.05, 3.63) is 35.9 Å². The lowest BCUT2D eigenvalue weighted by Gasteiger charge is -2.36. The van der Waals surface area contributed by atoms with Crippen LogP contribution in [0.3, 0.4) is 0 Å². The maximum absolute atomic E-state index is 12.5. The molecule has 5 nitrogen and oxygen atoms in total. The zero-order chi connectivity index (χ0) is 15.9. The number of benzene rings is 1. The minimum Gasteiger partial charge on any atom is -0.374 e. The van der Waals surface area contributed by atoms with Crippen molar-refractivity contribution in [2.45, 2.75) is 31.5 Å². The molecule has 0 bridgehead atoms. The third-order valence-electron chi connectivity index (χ3n) is 5.15. The Kier molecular flexibility index (Phi) is 4.17. The molecule has 2 atom stereocenters. The molecule has 3 aliphatic rings. The Balaban J connectivity index is 1.45. The van der Waals surface area contributed by atoms with Gasteiger partial charge >= 0.3 is 0 Å². The average Bonchev–Trinajstić information content (AvgIpc) is 3.21. The van der Waals surface area contributed by atoms with Gasteiger partial charge in [0.15, 0.2) is 0 Å². The lowest BCUT2D eigenvalue weighted by molar-refractivity contribution is -0.0502. The van der Waals surface area contributed by atoms with Gasteiger partial charge in [-0.05, 0) is 24.3 Å². The Bertz CT molecular complexity index is 645. The zero-order valence-corrected chi connectivity index (χ0v) is 14.1. The van der Waals surface area contributed by atoms with Gasteiger partial charge in [0.2, 0.25) is 10.0 Å². The molecular formula is C17H24N2O3S. The lowest BCUT2D eigenvalue weighted by atomic mass is 10.1. The van der Waals surface area contributed by atoms with Crippen LogP contribution in [-0.4, -0.2) is 61.8 Å². The fraction of sp³-hybridized carbons (Fsp3) is 0.647. The molecule has 0 unspecified atom stereocenters. The summed E-state index contributed by atoms with van der Waals surface area (Å²) in [4.78, 5) is 2.39. The van der Waals surface area contributed by atoms with E-state index >= 15 is 0 Å². The van der Waals surface area contributed by atoms with Gasteiger partial charge in [0.25, 0.3) is 0 Å². The van der Waals surface area contributed by atoms with E-state index in [2.05, 4.69) is 17.0 Å². The number of hydrogen-bond acceptors (Lipinski definition) is 4. The van der Waals surface area contributed by atoms with Crippen LogP contribution in [-0.2, 0) is 21.3 Å². The predicted molar refractivity (Wildman–Crippen MR) is 88.5 cm³/mol. The van der Waals surface area contributed by atoms with Crippen LogP contribution in [0.5, 0.6) is 0 Å². The van der Waals surface area contributed by atoms with E-state index in [-0.39, 0.29) is 12.1 Å². The SMILES string of the molecule is O=S(=O)(CC1CC1)N1C[C@@H]2OCCN(Cc3ccccc3)[C@H]2C1. The number of hydrogen-bond donors (Lipinski definition) is 0. The lowest BCUT2D eigenvalue weighted by Crippen LogP contribution is -2.50. The fourth-order valence-corrected chi connectivity index (χ4v) is 5.55. The first-order chi connectivity index (χ1) is 11.1. The topological polar surface area (TPSA) is 49.9 Å². The second-order valence-corrected chi connectivity index (χ2v) is 8.99. The number of morpholine rings is 1. The third-order valence-corrected chi connectivity index (χ3v) is 7.13. The summed E-state index contributed by atoms with van der Waals surface area (Å²) in [6, 6.07) is 10.6. The van der Waals surface area contributed by atoms with Crippen molar-refractivity contribution in [1.82, 2.24) is 9.21 Å². The van der Waals surface area contributed by atoms with Crippen LogP contribution in [0, 0.1) is 5.92 Å². The van der Waals surface area contributed by atoms with E-state index in [1.54, 1.807) is 4.31 Å². The molecule has 23 heavy (non-hydrogen) atoms. The molecule has 0 N–H and O–H groups in total. The molecule has 0 amide bonds. The molecule has 2 aliphatic heterocycles. The fourth-order valence-electron chi connectivity index (χ4n) is 3.65. The van der Waals surface area contributed by atoms with Crippen LogP contribution in [0.1, 0.15) is 18.4 Å². The molecule has 3 fully saturated rings. The number of sulfonamides is 1. The third kappa shape index (κ3) is 3.45. The first-order valence-corrected chi connectivity index (χ1v) is 10.1. The molecule has 4 rings (SSSR count). The van der Waals surface area contributed by atoms with Gasteiger partial charge in [-0.2, -0.15) is 4.31 Å². The zero-order valence-electron chi connectivity index (χ0n) is 13.3. The summed E-state index contributed by atoms with van der Waals surface area (Å²) in [7, 11) is -3.12. The molecule has 0 radical (unpaired) electrons. The Labute approximate surface area is 138 Å². The average molecular weight is 336 g/mol. The van der Waals surface area contributed by atoms with Crippen LogP contribution in [0.15, 0.2) is 30.3 Å². The highest BCUT2D eigenvalue weighted by Crippen LogP contribution is 2.33. The molecule has 126 valence electrons.